The highest BCUT2D eigenvalue weighted by Gasteiger charge is 1.93. The first kappa shape index (κ1) is 29.3. The van der Waals surface area contributed by atoms with Gasteiger partial charge in [0.05, 0.1) is 6.61 Å². The first-order chi connectivity index (χ1) is 14.2. The van der Waals surface area contributed by atoms with Gasteiger partial charge in [-0.15, -0.1) is 0 Å². The smallest absolute Gasteiger partial charge is 0.302 e. The Labute approximate surface area is 180 Å². The second-order valence-corrected chi connectivity index (χ2v) is 6.96. The average molecular weight is 405 g/mol. The van der Waals surface area contributed by atoms with E-state index in [0.29, 0.717) is 6.61 Å². The maximum absolute atomic E-state index is 10.5. The van der Waals surface area contributed by atoms with Crippen molar-refractivity contribution in [3.8, 4) is 0 Å². The molecule has 0 radical (unpaired) electrons. The van der Waals surface area contributed by atoms with Crippen LogP contribution in [-0.4, -0.2) is 18.9 Å². The third-order valence-electron chi connectivity index (χ3n) is 4.14. The Morgan fingerprint density at radius 1 is 0.655 bits per heavy atom. The van der Waals surface area contributed by atoms with Crippen LogP contribution in [0.5, 0.6) is 0 Å². The monoisotopic (exact) mass is 404 g/mol. The number of carbonyl (C=O) groups excluding carboxylic acids is 2. The van der Waals surface area contributed by atoms with Crippen molar-refractivity contribution in [2.24, 2.45) is 0 Å². The minimum Gasteiger partial charge on any atom is -0.466 e. The fourth-order valence-electron chi connectivity index (χ4n) is 2.53. The quantitative estimate of drug-likeness (QED) is 0.108. The van der Waals surface area contributed by atoms with Crippen LogP contribution < -0.4 is 0 Å². The lowest BCUT2D eigenvalue weighted by molar-refractivity contribution is -0.141. The van der Waals surface area contributed by atoms with Crippen molar-refractivity contribution in [1.82, 2.24) is 0 Å². The summed E-state index contributed by atoms with van der Waals surface area (Å²) in [5.41, 5.74) is 0. The SMILES string of the molecule is CC=CC=CCCCCCCC=O.CC=CC=CCCCCCCCOC(C)=O. The third kappa shape index (κ3) is 34.0. The summed E-state index contributed by atoms with van der Waals surface area (Å²) in [5.74, 6) is -0.172. The van der Waals surface area contributed by atoms with Gasteiger partial charge in [0.1, 0.15) is 6.29 Å². The molecule has 0 aromatic rings. The summed E-state index contributed by atoms with van der Waals surface area (Å²) in [4.78, 5) is 20.5. The molecule has 29 heavy (non-hydrogen) atoms. The highest BCUT2D eigenvalue weighted by molar-refractivity contribution is 5.65. The second kappa shape index (κ2) is 28.3. The summed E-state index contributed by atoms with van der Waals surface area (Å²) in [7, 11) is 0. The van der Waals surface area contributed by atoms with E-state index in [1.807, 2.05) is 32.1 Å². The normalized spacial score (nSPS) is 11.4. The second-order valence-electron chi connectivity index (χ2n) is 6.96. The topological polar surface area (TPSA) is 43.4 Å². The molecule has 0 saturated carbocycles. The molecule has 0 aliphatic carbocycles. The molecule has 0 aliphatic heterocycles. The van der Waals surface area contributed by atoms with Crippen molar-refractivity contribution in [1.29, 1.82) is 0 Å². The zero-order valence-electron chi connectivity index (χ0n) is 19.1. The van der Waals surface area contributed by atoms with Crippen LogP contribution in [0.3, 0.4) is 0 Å². The van der Waals surface area contributed by atoms with E-state index in [1.165, 1.54) is 45.4 Å². The first-order valence-corrected chi connectivity index (χ1v) is 11.3. The molecular weight excluding hydrogens is 360 g/mol. The number of allylic oxidation sites excluding steroid dienone is 8. The lowest BCUT2D eigenvalue weighted by atomic mass is 10.1. The summed E-state index contributed by atoms with van der Waals surface area (Å²) in [5, 5.41) is 0. The van der Waals surface area contributed by atoms with Gasteiger partial charge < -0.3 is 9.53 Å². The lowest BCUT2D eigenvalue weighted by Gasteiger charge is -2.01. The molecular formula is C26H44O3. The summed E-state index contributed by atoms with van der Waals surface area (Å²) < 4.78 is 4.86. The molecule has 0 spiro atoms. The maximum atomic E-state index is 10.5. The summed E-state index contributed by atoms with van der Waals surface area (Å²) >= 11 is 0. The van der Waals surface area contributed by atoms with Crippen molar-refractivity contribution in [3.63, 3.8) is 0 Å². The number of unbranched alkanes of at least 4 members (excludes halogenated alkanes) is 10. The molecule has 0 aliphatic rings. The largest absolute Gasteiger partial charge is 0.466 e. The maximum Gasteiger partial charge on any atom is 0.302 e. The van der Waals surface area contributed by atoms with Gasteiger partial charge in [0.25, 0.3) is 0 Å². The minimum absolute atomic E-state index is 0.172. The molecule has 0 bridgehead atoms. The molecule has 0 unspecified atom stereocenters. The van der Waals surface area contributed by atoms with Crippen LogP contribution in [0.1, 0.15) is 97.8 Å². The molecule has 0 aromatic carbocycles. The van der Waals surface area contributed by atoms with E-state index in [1.54, 1.807) is 0 Å². The number of ether oxygens (including phenoxy) is 1. The van der Waals surface area contributed by atoms with Crippen molar-refractivity contribution < 1.29 is 14.3 Å². The van der Waals surface area contributed by atoms with Gasteiger partial charge in [-0.2, -0.15) is 0 Å². The molecule has 0 rings (SSSR count). The van der Waals surface area contributed by atoms with E-state index in [-0.39, 0.29) is 5.97 Å². The van der Waals surface area contributed by atoms with Crippen LogP contribution in [-0.2, 0) is 14.3 Å². The van der Waals surface area contributed by atoms with Gasteiger partial charge in [0.2, 0.25) is 0 Å². The van der Waals surface area contributed by atoms with E-state index >= 15 is 0 Å². The number of esters is 1. The number of carbonyl (C=O) groups is 2. The Kier molecular flexibility index (Phi) is 28.6. The Bertz CT molecular complexity index is 459. The van der Waals surface area contributed by atoms with E-state index in [4.69, 9.17) is 4.74 Å². The standard InChI is InChI=1S/C14H24O2.C12H20O/c1-3-4-5-6-7-8-9-10-11-12-13-16-14(2)15;1-2-3-4-5-6-7-8-9-10-11-12-13/h3-6H,7-13H2,1-2H3;2-5,12H,6-11H2,1H3. The van der Waals surface area contributed by atoms with E-state index < -0.39 is 0 Å². The molecule has 0 saturated heterocycles. The van der Waals surface area contributed by atoms with Crippen LogP contribution in [0.4, 0.5) is 0 Å². The molecule has 0 aromatic heterocycles. The van der Waals surface area contributed by atoms with Gasteiger partial charge >= 0.3 is 5.97 Å². The fraction of sp³-hybridized carbons (Fsp3) is 0.615. The van der Waals surface area contributed by atoms with Gasteiger partial charge in [-0.1, -0.05) is 80.7 Å². The molecule has 166 valence electrons. The predicted molar refractivity (Wildman–Crippen MR) is 126 cm³/mol. The highest BCUT2D eigenvalue weighted by atomic mass is 16.5. The average Bonchev–Trinajstić information content (AvgIpc) is 2.71. The van der Waals surface area contributed by atoms with Crippen LogP contribution in [0, 0.1) is 0 Å². The summed E-state index contributed by atoms with van der Waals surface area (Å²) in [6.45, 7) is 6.07. The molecule has 0 atom stereocenters. The minimum atomic E-state index is -0.172. The summed E-state index contributed by atoms with van der Waals surface area (Å²) in [6.07, 6.45) is 31.4. The van der Waals surface area contributed by atoms with E-state index in [2.05, 4.69) is 30.4 Å². The van der Waals surface area contributed by atoms with Gasteiger partial charge in [0.15, 0.2) is 0 Å². The van der Waals surface area contributed by atoms with Crippen molar-refractivity contribution >= 4 is 12.3 Å². The zero-order valence-corrected chi connectivity index (χ0v) is 19.1. The Morgan fingerprint density at radius 2 is 1.10 bits per heavy atom. The molecule has 0 N–H and O–H groups in total. The van der Waals surface area contributed by atoms with Crippen LogP contribution in [0.15, 0.2) is 48.6 Å². The predicted octanol–water partition coefficient (Wildman–Crippen LogP) is 7.68. The van der Waals surface area contributed by atoms with Crippen LogP contribution in [0.2, 0.25) is 0 Å². The zero-order chi connectivity index (χ0) is 21.8. The molecule has 3 nitrogen and oxygen atoms in total. The van der Waals surface area contributed by atoms with E-state index in [9.17, 15) is 9.59 Å². The van der Waals surface area contributed by atoms with Gasteiger partial charge in [0, 0.05) is 13.3 Å². The third-order valence-corrected chi connectivity index (χ3v) is 4.14. The number of hydrogen-bond donors (Lipinski definition) is 0. The summed E-state index contributed by atoms with van der Waals surface area (Å²) in [6, 6.07) is 0. The van der Waals surface area contributed by atoms with Crippen molar-refractivity contribution in [3.05, 3.63) is 48.6 Å². The Hall–Kier alpha value is -1.90. The van der Waals surface area contributed by atoms with Crippen LogP contribution >= 0.6 is 0 Å². The van der Waals surface area contributed by atoms with Gasteiger partial charge in [-0.05, 0) is 52.4 Å². The molecule has 3 heteroatoms. The molecule has 0 fully saturated rings. The Balaban J connectivity index is 0. The van der Waals surface area contributed by atoms with Gasteiger partial charge in [-0.25, -0.2) is 0 Å². The number of rotatable bonds is 17. The van der Waals surface area contributed by atoms with Crippen molar-refractivity contribution in [2.75, 3.05) is 6.61 Å². The lowest BCUT2D eigenvalue weighted by Crippen LogP contribution is -1.99. The van der Waals surface area contributed by atoms with Crippen molar-refractivity contribution in [2.45, 2.75) is 97.8 Å². The Morgan fingerprint density at radius 3 is 1.55 bits per heavy atom. The fourth-order valence-corrected chi connectivity index (χ4v) is 2.53. The number of hydrogen-bond acceptors (Lipinski definition) is 3. The highest BCUT2D eigenvalue weighted by Crippen LogP contribution is 2.06. The van der Waals surface area contributed by atoms with E-state index in [0.717, 1.165) is 44.8 Å². The molecule has 0 amide bonds. The van der Waals surface area contributed by atoms with Gasteiger partial charge in [-0.3, -0.25) is 4.79 Å². The van der Waals surface area contributed by atoms with Crippen LogP contribution in [0.25, 0.3) is 0 Å². The number of aldehydes is 1. The molecule has 0 heterocycles. The first-order valence-electron chi connectivity index (χ1n) is 11.3.